The van der Waals surface area contributed by atoms with Gasteiger partial charge in [-0.25, -0.2) is 9.97 Å². The van der Waals surface area contributed by atoms with Crippen LogP contribution in [0.5, 0.6) is 0 Å². The van der Waals surface area contributed by atoms with Gasteiger partial charge in [0.15, 0.2) is 5.65 Å². The van der Waals surface area contributed by atoms with Gasteiger partial charge >= 0.3 is 0 Å². The number of nitrogens with zero attached hydrogens (tertiary/aromatic N) is 3. The topological polar surface area (TPSA) is 39.9 Å². The van der Waals surface area contributed by atoms with E-state index in [0.29, 0.717) is 12.5 Å². The number of aryl methyl sites for hydroxylation is 2. The number of hydrogen-bond donors (Lipinski definition) is 0. The summed E-state index contributed by atoms with van der Waals surface area (Å²) in [4.78, 5) is 9.24. The van der Waals surface area contributed by atoms with Crippen molar-refractivity contribution < 1.29 is 4.74 Å². The Morgan fingerprint density at radius 2 is 2.20 bits per heavy atom. The van der Waals surface area contributed by atoms with E-state index in [9.17, 15) is 0 Å². The first kappa shape index (κ1) is 13.8. The summed E-state index contributed by atoms with van der Waals surface area (Å²) in [6.07, 6.45) is 3.41. The lowest BCUT2D eigenvalue weighted by Gasteiger charge is -2.08. The van der Waals surface area contributed by atoms with Gasteiger partial charge in [-0.2, -0.15) is 0 Å². The second kappa shape index (κ2) is 6.10. The minimum Gasteiger partial charge on any atom is -0.379 e. The van der Waals surface area contributed by atoms with E-state index in [4.69, 9.17) is 16.3 Å². The molecule has 20 heavy (non-hydrogen) atoms. The lowest BCUT2D eigenvalue weighted by molar-refractivity contribution is 0.117. The minimum absolute atomic E-state index is 0.575. The van der Waals surface area contributed by atoms with E-state index in [1.54, 1.807) is 0 Å². The first-order valence-electron chi connectivity index (χ1n) is 7.24. The first-order chi connectivity index (χ1) is 9.78. The molecule has 0 spiro atoms. The molecule has 1 aliphatic rings. The zero-order valence-electron chi connectivity index (χ0n) is 11.8. The van der Waals surface area contributed by atoms with Crippen LogP contribution in [-0.4, -0.2) is 33.6 Å². The van der Waals surface area contributed by atoms with Crippen LogP contribution in [0, 0.1) is 12.8 Å². The third-order valence-electron chi connectivity index (χ3n) is 3.64. The summed E-state index contributed by atoms with van der Waals surface area (Å²) in [6.45, 7) is 4.41. The fourth-order valence-corrected chi connectivity index (χ4v) is 2.51. The summed E-state index contributed by atoms with van der Waals surface area (Å²) in [6, 6.07) is 4.02. The maximum Gasteiger partial charge on any atom is 0.160 e. The average Bonchev–Trinajstić information content (AvgIpc) is 3.19. The van der Waals surface area contributed by atoms with Gasteiger partial charge in [-0.1, -0.05) is 0 Å². The van der Waals surface area contributed by atoms with Crippen molar-refractivity contribution in [1.82, 2.24) is 14.5 Å². The highest BCUT2D eigenvalue weighted by molar-refractivity contribution is 6.17. The molecule has 108 valence electrons. The van der Waals surface area contributed by atoms with Crippen LogP contribution in [-0.2, 0) is 17.7 Å². The fourth-order valence-electron chi connectivity index (χ4n) is 2.34. The number of imidazole rings is 1. The summed E-state index contributed by atoms with van der Waals surface area (Å²) in [5.74, 6) is 2.38. The van der Waals surface area contributed by atoms with E-state index in [2.05, 4.69) is 14.5 Å². The Hall–Kier alpha value is -1.13. The van der Waals surface area contributed by atoms with Crippen molar-refractivity contribution in [3.05, 3.63) is 23.7 Å². The summed E-state index contributed by atoms with van der Waals surface area (Å²) in [5, 5.41) is 0. The van der Waals surface area contributed by atoms with Crippen LogP contribution < -0.4 is 0 Å². The minimum atomic E-state index is 0.575. The molecule has 2 heterocycles. The fraction of sp³-hybridized carbons (Fsp3) is 0.600. The molecule has 5 heteroatoms. The van der Waals surface area contributed by atoms with Gasteiger partial charge in [0, 0.05) is 31.1 Å². The molecule has 0 aliphatic heterocycles. The van der Waals surface area contributed by atoms with E-state index >= 15 is 0 Å². The van der Waals surface area contributed by atoms with Crippen LogP contribution in [0.3, 0.4) is 0 Å². The number of hydrogen-bond acceptors (Lipinski definition) is 3. The SMILES string of the molecule is Cc1ccc2nc(CCCl)n(CCOCC3CC3)c2n1. The highest BCUT2D eigenvalue weighted by Gasteiger charge is 2.21. The number of pyridine rings is 1. The van der Waals surface area contributed by atoms with E-state index in [1.165, 1.54) is 12.8 Å². The predicted octanol–water partition coefficient (Wildman–Crippen LogP) is 2.95. The number of ether oxygens (including phenoxy) is 1. The van der Waals surface area contributed by atoms with Gasteiger partial charge in [0.1, 0.15) is 11.3 Å². The zero-order valence-corrected chi connectivity index (χ0v) is 12.6. The Bertz CT molecular complexity index is 592. The predicted molar refractivity (Wildman–Crippen MR) is 80.2 cm³/mol. The van der Waals surface area contributed by atoms with Crippen molar-refractivity contribution >= 4 is 22.8 Å². The van der Waals surface area contributed by atoms with Crippen LogP contribution in [0.25, 0.3) is 11.2 Å². The molecule has 4 nitrogen and oxygen atoms in total. The van der Waals surface area contributed by atoms with Crippen LogP contribution in [0.15, 0.2) is 12.1 Å². The maximum absolute atomic E-state index is 5.87. The Labute approximate surface area is 124 Å². The lowest BCUT2D eigenvalue weighted by atomic mass is 10.3. The molecule has 0 amide bonds. The molecule has 0 bridgehead atoms. The van der Waals surface area contributed by atoms with Gasteiger partial charge in [0.2, 0.25) is 0 Å². The molecule has 0 N–H and O–H groups in total. The number of aromatic nitrogens is 3. The Morgan fingerprint density at radius 1 is 1.35 bits per heavy atom. The second-order valence-electron chi connectivity index (χ2n) is 5.43. The van der Waals surface area contributed by atoms with Gasteiger partial charge < -0.3 is 9.30 Å². The summed E-state index contributed by atoms with van der Waals surface area (Å²) in [7, 11) is 0. The number of alkyl halides is 1. The van der Waals surface area contributed by atoms with E-state index in [-0.39, 0.29) is 0 Å². The van der Waals surface area contributed by atoms with Gasteiger partial charge in [-0.05, 0) is 37.8 Å². The molecule has 1 aliphatic carbocycles. The van der Waals surface area contributed by atoms with Crippen LogP contribution in [0.2, 0.25) is 0 Å². The zero-order chi connectivity index (χ0) is 13.9. The Balaban J connectivity index is 1.77. The van der Waals surface area contributed by atoms with Gasteiger partial charge in [0.25, 0.3) is 0 Å². The van der Waals surface area contributed by atoms with Crippen molar-refractivity contribution in [2.75, 3.05) is 19.1 Å². The quantitative estimate of drug-likeness (QED) is 0.582. The summed E-state index contributed by atoms with van der Waals surface area (Å²) in [5.41, 5.74) is 2.90. The maximum atomic E-state index is 5.87. The molecule has 0 saturated heterocycles. The normalized spacial score (nSPS) is 15.1. The van der Waals surface area contributed by atoms with Crippen molar-refractivity contribution in [2.45, 2.75) is 32.7 Å². The standard InChI is InChI=1S/C15H20ClN3O/c1-11-2-5-13-15(17-11)19(14(18-13)6-7-16)8-9-20-10-12-3-4-12/h2,5,12H,3-4,6-10H2,1H3. The molecule has 1 fully saturated rings. The largest absolute Gasteiger partial charge is 0.379 e. The second-order valence-corrected chi connectivity index (χ2v) is 5.81. The molecule has 3 rings (SSSR count). The van der Waals surface area contributed by atoms with E-state index in [0.717, 1.165) is 48.2 Å². The monoisotopic (exact) mass is 293 g/mol. The molecule has 1 saturated carbocycles. The molecule has 0 radical (unpaired) electrons. The number of halogens is 1. The van der Waals surface area contributed by atoms with Gasteiger partial charge in [0.05, 0.1) is 6.61 Å². The number of fused-ring (bicyclic) bond motifs is 1. The third-order valence-corrected chi connectivity index (χ3v) is 3.83. The average molecular weight is 294 g/mol. The van der Waals surface area contributed by atoms with Crippen molar-refractivity contribution in [3.8, 4) is 0 Å². The van der Waals surface area contributed by atoms with Crippen molar-refractivity contribution in [2.24, 2.45) is 5.92 Å². The van der Waals surface area contributed by atoms with Crippen LogP contribution >= 0.6 is 11.6 Å². The molecule has 2 aromatic rings. The van der Waals surface area contributed by atoms with Crippen molar-refractivity contribution in [1.29, 1.82) is 0 Å². The molecule has 0 aromatic carbocycles. The number of rotatable bonds is 7. The third kappa shape index (κ3) is 3.13. The highest BCUT2D eigenvalue weighted by atomic mass is 35.5. The van der Waals surface area contributed by atoms with Gasteiger partial charge in [-0.3, -0.25) is 0 Å². The Kier molecular flexibility index (Phi) is 4.22. The lowest BCUT2D eigenvalue weighted by Crippen LogP contribution is -2.11. The smallest absolute Gasteiger partial charge is 0.160 e. The first-order valence-corrected chi connectivity index (χ1v) is 7.78. The van der Waals surface area contributed by atoms with Crippen LogP contribution in [0.1, 0.15) is 24.4 Å². The molecule has 0 unspecified atom stereocenters. The Morgan fingerprint density at radius 3 is 2.95 bits per heavy atom. The van der Waals surface area contributed by atoms with E-state index in [1.807, 2.05) is 19.1 Å². The van der Waals surface area contributed by atoms with Crippen molar-refractivity contribution in [3.63, 3.8) is 0 Å². The highest BCUT2D eigenvalue weighted by Crippen LogP contribution is 2.28. The summed E-state index contributed by atoms with van der Waals surface area (Å²) >= 11 is 5.87. The molecular weight excluding hydrogens is 274 g/mol. The molecule has 2 aromatic heterocycles. The van der Waals surface area contributed by atoms with Gasteiger partial charge in [-0.15, -0.1) is 11.6 Å². The molecule has 0 atom stereocenters. The summed E-state index contributed by atoms with van der Waals surface area (Å²) < 4.78 is 7.88. The van der Waals surface area contributed by atoms with Crippen LogP contribution in [0.4, 0.5) is 0 Å². The van der Waals surface area contributed by atoms with E-state index < -0.39 is 0 Å². The molecular formula is C15H20ClN3O.